The maximum atomic E-state index is 12.0. The van der Waals surface area contributed by atoms with Gasteiger partial charge < -0.3 is 19.5 Å². The molecule has 1 aromatic rings. The third-order valence-corrected chi connectivity index (χ3v) is 3.49. The van der Waals surface area contributed by atoms with Gasteiger partial charge in [0.05, 0.1) is 15.7 Å². The topological polar surface area (TPSA) is 76.2 Å². The molecule has 0 aromatic carbocycles. The zero-order chi connectivity index (χ0) is 18.7. The third-order valence-electron chi connectivity index (χ3n) is 2.29. The fourth-order valence-electron chi connectivity index (χ4n) is 0.801. The van der Waals surface area contributed by atoms with E-state index in [1.54, 1.807) is 0 Å². The summed E-state index contributed by atoms with van der Waals surface area (Å²) >= 11 is 0. The Morgan fingerprint density at radius 1 is 1.28 bits per heavy atom. The standard InChI is InChI=1S/C8H8F3N.C4H11NOS.C3H7O.CH3.Cs/c1-2-6-3-4-7(12-5-6)8(9,10)11;1-4(2,3)7(5)6;1-2-3-4;;/h3-5H,2H2,1H3;5H2,1-3H3;4H,1-3H2;1H3;/q;;2*-1;+1. The predicted molar refractivity (Wildman–Crippen MR) is 94.2 cm³/mol. The van der Waals surface area contributed by atoms with Crippen LogP contribution in [-0.2, 0) is 23.6 Å². The van der Waals surface area contributed by atoms with Crippen LogP contribution in [0.5, 0.6) is 0 Å². The van der Waals surface area contributed by atoms with Crippen LogP contribution in [0, 0.1) is 14.4 Å². The van der Waals surface area contributed by atoms with Crippen molar-refractivity contribution < 1.29 is 91.4 Å². The number of aryl methyl sites for hydroxylation is 1. The predicted octanol–water partition coefficient (Wildman–Crippen LogP) is 0.727. The molecule has 144 valence electrons. The van der Waals surface area contributed by atoms with Gasteiger partial charge in [-0.1, -0.05) is 13.0 Å². The van der Waals surface area contributed by atoms with Gasteiger partial charge in [-0.3, -0.25) is 10.1 Å². The van der Waals surface area contributed by atoms with E-state index < -0.39 is 22.9 Å². The number of halogens is 3. The number of pyridine rings is 1. The largest absolute Gasteiger partial charge is 1.00 e. The molecule has 9 heteroatoms. The van der Waals surface area contributed by atoms with Crippen LogP contribution in [0.3, 0.4) is 0 Å². The van der Waals surface area contributed by atoms with E-state index in [4.69, 9.17) is 10.2 Å². The number of aliphatic hydroxyl groups excluding tert-OH is 1. The van der Waals surface area contributed by atoms with E-state index in [2.05, 4.69) is 11.9 Å². The van der Waals surface area contributed by atoms with Gasteiger partial charge in [0.15, 0.2) is 0 Å². The zero-order valence-electron chi connectivity index (χ0n) is 16.0. The van der Waals surface area contributed by atoms with Crippen LogP contribution in [0.2, 0.25) is 0 Å². The van der Waals surface area contributed by atoms with Crippen LogP contribution in [0.15, 0.2) is 18.3 Å². The number of alkyl halides is 3. The van der Waals surface area contributed by atoms with Crippen molar-refractivity contribution in [2.24, 2.45) is 5.14 Å². The smallest absolute Gasteiger partial charge is 0.399 e. The number of aromatic nitrogens is 1. The number of rotatable bonds is 2. The summed E-state index contributed by atoms with van der Waals surface area (Å²) in [5.74, 6) is 0. The van der Waals surface area contributed by atoms with E-state index in [1.165, 1.54) is 12.3 Å². The number of nitrogens with two attached hydrogens (primary N) is 1. The quantitative estimate of drug-likeness (QED) is 0.585. The normalized spacial score (nSPS) is 11.4. The molecule has 0 saturated carbocycles. The van der Waals surface area contributed by atoms with E-state index in [-0.39, 0.29) is 87.7 Å². The second-order valence-electron chi connectivity index (χ2n) is 5.39. The Bertz CT molecular complexity index is 448. The van der Waals surface area contributed by atoms with Crippen LogP contribution >= 0.6 is 0 Å². The SMILES string of the molecule is CC(C)(C)S(N)=O.CCc1ccc(C(F)(F)F)nc1.[CH2-]CCO.[CH3-].[Cs+]. The maximum absolute atomic E-state index is 12.0. The minimum Gasteiger partial charge on any atom is -0.399 e. The molecule has 25 heavy (non-hydrogen) atoms. The average molecular weight is 503 g/mol. The van der Waals surface area contributed by atoms with Crippen LogP contribution in [0.4, 0.5) is 13.2 Å². The molecule has 1 heterocycles. The summed E-state index contributed by atoms with van der Waals surface area (Å²) in [6, 6.07) is 2.44. The van der Waals surface area contributed by atoms with E-state index in [1.807, 2.05) is 27.7 Å². The molecule has 0 aliphatic carbocycles. The van der Waals surface area contributed by atoms with Crippen molar-refractivity contribution in [3.8, 4) is 0 Å². The molecule has 0 bridgehead atoms. The molecule has 1 atom stereocenters. The number of aliphatic hydroxyl groups is 1. The molecule has 1 aromatic heterocycles. The first-order chi connectivity index (χ1) is 10.4. The van der Waals surface area contributed by atoms with Crippen molar-refractivity contribution in [2.45, 2.75) is 51.5 Å². The Kier molecular flexibility index (Phi) is 23.1. The number of hydrogen-bond acceptors (Lipinski definition) is 3. The van der Waals surface area contributed by atoms with Crippen LogP contribution in [-0.4, -0.2) is 25.7 Å². The van der Waals surface area contributed by atoms with Gasteiger partial charge in [-0.25, -0.2) is 4.21 Å². The van der Waals surface area contributed by atoms with Crippen LogP contribution in [0.25, 0.3) is 0 Å². The van der Waals surface area contributed by atoms with Gasteiger partial charge in [-0.2, -0.15) is 19.6 Å². The van der Waals surface area contributed by atoms with Gasteiger partial charge in [0.2, 0.25) is 0 Å². The van der Waals surface area contributed by atoms with Crippen molar-refractivity contribution in [2.75, 3.05) is 6.61 Å². The summed E-state index contributed by atoms with van der Waals surface area (Å²) in [5.41, 5.74) is -0.0253. The van der Waals surface area contributed by atoms with Crippen molar-refractivity contribution in [3.05, 3.63) is 43.9 Å². The summed E-state index contributed by atoms with van der Waals surface area (Å²) in [5, 5.41) is 12.9. The third kappa shape index (κ3) is 19.6. The molecule has 0 fully saturated rings. The van der Waals surface area contributed by atoms with E-state index in [0.717, 1.165) is 11.6 Å². The molecule has 0 aliphatic heterocycles. The zero-order valence-corrected chi connectivity index (χ0v) is 23.1. The first-order valence-corrected chi connectivity index (χ1v) is 8.19. The van der Waals surface area contributed by atoms with Gasteiger partial charge in [-0.05, 0) is 38.8 Å². The summed E-state index contributed by atoms with van der Waals surface area (Å²) in [6.45, 7) is 10.9. The first kappa shape index (κ1) is 33.6. The monoisotopic (exact) mass is 503 g/mol. The molecule has 0 saturated heterocycles. The Morgan fingerprint density at radius 3 is 1.84 bits per heavy atom. The summed E-state index contributed by atoms with van der Waals surface area (Å²) in [7, 11) is -1.18. The van der Waals surface area contributed by atoms with Crippen LogP contribution in [0.1, 0.15) is 45.4 Å². The molecular formula is C16H29CsF3N2O2S-. The fraction of sp³-hybridized carbons (Fsp3) is 0.562. The van der Waals surface area contributed by atoms with Gasteiger partial charge >= 0.3 is 75.1 Å². The minimum atomic E-state index is -4.33. The van der Waals surface area contributed by atoms with Gasteiger partial charge in [0.25, 0.3) is 0 Å². The summed E-state index contributed by atoms with van der Waals surface area (Å²) < 4.78 is 46.0. The Morgan fingerprint density at radius 2 is 1.68 bits per heavy atom. The van der Waals surface area contributed by atoms with E-state index in [0.29, 0.717) is 12.8 Å². The molecule has 4 nitrogen and oxygen atoms in total. The van der Waals surface area contributed by atoms with Crippen molar-refractivity contribution >= 4 is 11.0 Å². The maximum Gasteiger partial charge on any atom is 1.00 e. The molecule has 0 spiro atoms. The molecule has 1 unspecified atom stereocenters. The van der Waals surface area contributed by atoms with Crippen molar-refractivity contribution in [1.29, 1.82) is 0 Å². The van der Waals surface area contributed by atoms with Crippen molar-refractivity contribution in [3.63, 3.8) is 0 Å². The second kappa shape index (κ2) is 17.2. The van der Waals surface area contributed by atoms with E-state index in [9.17, 15) is 17.4 Å². The minimum absolute atomic E-state index is 0. The second-order valence-corrected chi connectivity index (χ2v) is 7.21. The van der Waals surface area contributed by atoms with Gasteiger partial charge in [0.1, 0.15) is 5.69 Å². The van der Waals surface area contributed by atoms with E-state index >= 15 is 0 Å². The molecule has 0 amide bonds. The molecule has 3 N–H and O–H groups in total. The fourth-order valence-corrected chi connectivity index (χ4v) is 0.801. The summed E-state index contributed by atoms with van der Waals surface area (Å²) in [6.07, 6.45) is -1.75. The summed E-state index contributed by atoms with van der Waals surface area (Å²) in [4.78, 5) is 3.30. The molecule has 0 aliphatic rings. The average Bonchev–Trinajstić information content (AvgIpc) is 2.46. The Balaban J connectivity index is -0.000000147. The molecule has 1 rings (SSSR count). The number of hydrogen-bond donors (Lipinski definition) is 2. The van der Waals surface area contributed by atoms with Gasteiger partial charge in [-0.15, -0.1) is 0 Å². The Hall–Kier alpha value is 1.06. The molecular weight excluding hydrogens is 474 g/mol. The van der Waals surface area contributed by atoms with Crippen LogP contribution < -0.4 is 74.0 Å². The number of nitrogens with zero attached hydrogens (tertiary/aromatic N) is 1. The van der Waals surface area contributed by atoms with Gasteiger partial charge in [0, 0.05) is 12.8 Å². The molecule has 0 radical (unpaired) electrons. The first-order valence-electron chi connectivity index (χ1n) is 6.98. The Labute approximate surface area is 211 Å². The van der Waals surface area contributed by atoms with Crippen molar-refractivity contribution in [1.82, 2.24) is 4.98 Å².